The van der Waals surface area contributed by atoms with E-state index in [1.165, 1.54) is 12.7 Å². The monoisotopic (exact) mass is 55.0 g/mol. The number of hydrogen-bond acceptors (Lipinski definition) is 2. The lowest BCUT2D eigenvalue weighted by Crippen LogP contribution is -1.51. The molecule has 0 fully saturated rings. The van der Waals surface area contributed by atoms with E-state index in [-0.39, 0.29) is 0 Å². The van der Waals surface area contributed by atoms with Gasteiger partial charge in [0.15, 0.2) is 0 Å². The van der Waals surface area contributed by atoms with Gasteiger partial charge in [-0.1, -0.05) is 0 Å². The largest absolute Gasteiger partial charge is 0.369 e. The van der Waals surface area contributed by atoms with E-state index in [1.807, 2.05) is 0 Å². The molecule has 0 amide bonds. The molecule has 0 aromatic carbocycles. The van der Waals surface area contributed by atoms with Gasteiger partial charge in [0.25, 0.3) is 0 Å². The molecule has 0 spiro atoms. The molecule has 1 N–H and O–H groups in total. The van der Waals surface area contributed by atoms with Gasteiger partial charge >= 0.3 is 0 Å². The van der Waals surface area contributed by atoms with Gasteiger partial charge < -0.3 is 5.11 Å². The first-order chi connectivity index (χ1) is 1.91. The van der Waals surface area contributed by atoms with Crippen molar-refractivity contribution in [3.8, 4) is 6.07 Å². The van der Waals surface area contributed by atoms with E-state index < -0.39 is 0 Å². The Morgan fingerprint density at radius 3 is 2.00 bits per heavy atom. The SMILES string of the molecule is N#C[C]O. The van der Waals surface area contributed by atoms with Crippen LogP contribution in [-0.2, 0) is 0 Å². The van der Waals surface area contributed by atoms with Crippen molar-refractivity contribution in [3.05, 3.63) is 6.61 Å². The van der Waals surface area contributed by atoms with Crippen LogP contribution in [0.3, 0.4) is 0 Å². The van der Waals surface area contributed by atoms with Crippen molar-refractivity contribution in [1.29, 1.82) is 5.26 Å². The summed E-state index contributed by atoms with van der Waals surface area (Å²) in [7, 11) is 0. The maximum Gasteiger partial charge on any atom is 0.244 e. The van der Waals surface area contributed by atoms with Crippen LogP contribution in [0.1, 0.15) is 0 Å². The highest BCUT2D eigenvalue weighted by Crippen LogP contribution is 1.46. The summed E-state index contributed by atoms with van der Waals surface area (Å²) in [6.45, 7) is 1.24. The van der Waals surface area contributed by atoms with Crippen molar-refractivity contribution in [2.24, 2.45) is 0 Å². The van der Waals surface area contributed by atoms with E-state index in [9.17, 15) is 0 Å². The third-order valence-corrected chi connectivity index (χ3v) is 0.0500. The molecule has 0 aliphatic rings. The van der Waals surface area contributed by atoms with Gasteiger partial charge in [-0.3, -0.25) is 0 Å². The molecule has 20 valence electrons. The first-order valence-corrected chi connectivity index (χ1v) is 0.697. The summed E-state index contributed by atoms with van der Waals surface area (Å²) in [5, 5.41) is 14.5. The van der Waals surface area contributed by atoms with Crippen LogP contribution in [0.2, 0.25) is 0 Å². The zero-order valence-electron chi connectivity index (χ0n) is 1.89. The molecule has 2 nitrogen and oxygen atoms in total. The lowest BCUT2D eigenvalue weighted by atomic mass is 10.9. The van der Waals surface area contributed by atoms with Gasteiger partial charge in [-0.15, -0.1) is 0 Å². The van der Waals surface area contributed by atoms with Crippen LogP contribution in [0.4, 0.5) is 0 Å². The minimum Gasteiger partial charge on any atom is -0.369 e. The fraction of sp³-hybridized carbons (Fsp3) is 0. The van der Waals surface area contributed by atoms with E-state index in [0.717, 1.165) is 0 Å². The number of nitriles is 1. The molecule has 0 saturated heterocycles. The molecule has 0 bridgehead atoms. The van der Waals surface area contributed by atoms with Gasteiger partial charge in [0.05, 0.1) is 0 Å². The maximum absolute atomic E-state index is 7.26. The highest BCUT2D eigenvalue weighted by atomic mass is 16.2. The van der Waals surface area contributed by atoms with E-state index >= 15 is 0 Å². The van der Waals surface area contributed by atoms with Crippen molar-refractivity contribution < 1.29 is 5.11 Å². The van der Waals surface area contributed by atoms with Gasteiger partial charge in [0.1, 0.15) is 6.07 Å². The second kappa shape index (κ2) is 2.45. The Balaban J connectivity index is 2.43. The van der Waals surface area contributed by atoms with Gasteiger partial charge in [0.2, 0.25) is 6.61 Å². The van der Waals surface area contributed by atoms with Gasteiger partial charge in [-0.05, 0) is 0 Å². The molecule has 0 heterocycles. The molecule has 0 saturated carbocycles. The Morgan fingerprint density at radius 2 is 2.00 bits per heavy atom. The lowest BCUT2D eigenvalue weighted by molar-refractivity contribution is 0.425. The smallest absolute Gasteiger partial charge is 0.244 e. The maximum atomic E-state index is 7.26. The molecule has 0 aliphatic heterocycles. The van der Waals surface area contributed by atoms with E-state index in [4.69, 9.17) is 10.4 Å². The second-order valence-corrected chi connectivity index (χ2v) is 0.224. The molecule has 0 rings (SSSR count). The number of nitrogens with zero attached hydrogens (tertiary/aromatic N) is 1. The third-order valence-electron chi connectivity index (χ3n) is 0.0500. The van der Waals surface area contributed by atoms with Crippen LogP contribution in [0.25, 0.3) is 0 Å². The van der Waals surface area contributed by atoms with Crippen LogP contribution < -0.4 is 0 Å². The highest BCUT2D eigenvalue weighted by molar-refractivity contribution is 4.78. The van der Waals surface area contributed by atoms with Crippen LogP contribution in [0, 0.1) is 17.9 Å². The third kappa shape index (κ3) is 1.45. The molecular weight excluding hydrogens is 54.0 g/mol. The van der Waals surface area contributed by atoms with Gasteiger partial charge in [-0.2, -0.15) is 5.26 Å². The molecule has 0 atom stereocenters. The van der Waals surface area contributed by atoms with Crippen LogP contribution in [0.15, 0.2) is 0 Å². The summed E-state index contributed by atoms with van der Waals surface area (Å²) < 4.78 is 0. The topological polar surface area (TPSA) is 44.0 Å². The zero-order valence-corrected chi connectivity index (χ0v) is 1.89. The van der Waals surface area contributed by atoms with Gasteiger partial charge in [0, 0.05) is 0 Å². The molecular formula is C2HNO. The summed E-state index contributed by atoms with van der Waals surface area (Å²) >= 11 is 0. The Kier molecular flexibility index (Phi) is 2.11. The van der Waals surface area contributed by atoms with Gasteiger partial charge in [-0.25, -0.2) is 0 Å². The molecule has 0 aromatic rings. The van der Waals surface area contributed by atoms with E-state index in [0.29, 0.717) is 0 Å². The summed E-state index contributed by atoms with van der Waals surface area (Å²) in [5.74, 6) is 0. The number of hydrogen-bond donors (Lipinski definition) is 1. The fourth-order valence-corrected chi connectivity index (χ4v) is 0. The molecule has 4 heavy (non-hydrogen) atoms. The van der Waals surface area contributed by atoms with Crippen molar-refractivity contribution in [2.45, 2.75) is 0 Å². The highest BCUT2D eigenvalue weighted by Gasteiger charge is 1.56. The summed E-state index contributed by atoms with van der Waals surface area (Å²) in [5.41, 5.74) is 0. The minimum atomic E-state index is 1.24. The standard InChI is InChI=1S/C2HNO/c3-1-2-4/h4H. The van der Waals surface area contributed by atoms with E-state index in [1.54, 1.807) is 0 Å². The Morgan fingerprint density at radius 1 is 1.75 bits per heavy atom. The number of rotatable bonds is 0. The Labute approximate surface area is 24.3 Å². The molecule has 2 heteroatoms. The first-order valence-electron chi connectivity index (χ1n) is 0.697. The van der Waals surface area contributed by atoms with Crippen LogP contribution >= 0.6 is 0 Å². The normalized spacial score (nSPS) is 5.00. The lowest BCUT2D eigenvalue weighted by Gasteiger charge is -1.45. The van der Waals surface area contributed by atoms with Crippen molar-refractivity contribution in [3.63, 3.8) is 0 Å². The Hall–Kier alpha value is -0.550. The number of aliphatic hydroxyl groups excluding tert-OH is 1. The van der Waals surface area contributed by atoms with Crippen LogP contribution in [-0.4, -0.2) is 5.11 Å². The summed E-state index contributed by atoms with van der Waals surface area (Å²) in [4.78, 5) is 0. The van der Waals surface area contributed by atoms with E-state index in [2.05, 4.69) is 0 Å². The summed E-state index contributed by atoms with van der Waals surface area (Å²) in [6.07, 6.45) is 0. The first kappa shape index (κ1) is 3.45. The molecule has 0 aromatic heterocycles. The predicted octanol–water partition coefficient (Wildman–Crippen LogP) is -0.0787. The molecule has 0 unspecified atom stereocenters. The van der Waals surface area contributed by atoms with Crippen LogP contribution in [0.5, 0.6) is 0 Å². The van der Waals surface area contributed by atoms with Crippen molar-refractivity contribution in [2.75, 3.05) is 0 Å². The average molecular weight is 55.0 g/mol. The van der Waals surface area contributed by atoms with Crippen molar-refractivity contribution >= 4 is 0 Å². The second-order valence-electron chi connectivity index (χ2n) is 0.224. The molecule has 2 radical (unpaired) electrons. The average Bonchev–Trinajstić information content (AvgIpc) is 1.37. The fourth-order valence-electron chi connectivity index (χ4n) is 0. The zero-order chi connectivity index (χ0) is 3.41. The quantitative estimate of drug-likeness (QED) is 0.394. The van der Waals surface area contributed by atoms with Crippen molar-refractivity contribution in [1.82, 2.24) is 0 Å². The molecule has 0 aliphatic carbocycles. The summed E-state index contributed by atoms with van der Waals surface area (Å²) in [6, 6.07) is 1.24. The Bertz CT molecular complexity index is 35.8. The number of aliphatic hydroxyl groups is 1. The minimum absolute atomic E-state index is 1.24. The predicted molar refractivity (Wildman–Crippen MR) is 10.8 cm³/mol.